The van der Waals surface area contributed by atoms with E-state index in [2.05, 4.69) is 13.0 Å². The maximum absolute atomic E-state index is 12.4. The van der Waals surface area contributed by atoms with Gasteiger partial charge in [0, 0.05) is 12.2 Å². The van der Waals surface area contributed by atoms with Gasteiger partial charge >= 0.3 is 0 Å². The van der Waals surface area contributed by atoms with Gasteiger partial charge in [0.1, 0.15) is 0 Å². The van der Waals surface area contributed by atoms with Crippen LogP contribution in [0.1, 0.15) is 11.1 Å². The molecule has 2 aromatic carbocycles. The van der Waals surface area contributed by atoms with Crippen molar-refractivity contribution < 1.29 is 14.3 Å². The largest absolute Gasteiger partial charge is 0.493 e. The zero-order valence-electron chi connectivity index (χ0n) is 12.8. The molecule has 0 saturated carbocycles. The molecule has 0 radical (unpaired) electrons. The summed E-state index contributed by atoms with van der Waals surface area (Å²) in [5, 5.41) is 0. The van der Waals surface area contributed by atoms with Gasteiger partial charge in [0.25, 0.3) is 5.91 Å². The number of anilines is 1. The highest BCUT2D eigenvalue weighted by molar-refractivity contribution is 5.96. The van der Waals surface area contributed by atoms with Crippen LogP contribution in [-0.2, 0) is 11.2 Å². The van der Waals surface area contributed by atoms with Crippen molar-refractivity contribution in [3.8, 4) is 11.5 Å². The Morgan fingerprint density at radius 1 is 1.18 bits per heavy atom. The summed E-state index contributed by atoms with van der Waals surface area (Å²) in [7, 11) is 1.59. The van der Waals surface area contributed by atoms with E-state index < -0.39 is 0 Å². The molecule has 4 nitrogen and oxygen atoms in total. The van der Waals surface area contributed by atoms with Gasteiger partial charge in [0.05, 0.1) is 7.11 Å². The summed E-state index contributed by atoms with van der Waals surface area (Å²) in [6.45, 7) is 2.79. The molecule has 1 amide bonds. The minimum Gasteiger partial charge on any atom is -0.493 e. The van der Waals surface area contributed by atoms with Crippen LogP contribution >= 0.6 is 0 Å². The number of carbonyl (C=O) groups excluding carboxylic acids is 1. The molecule has 0 fully saturated rings. The van der Waals surface area contributed by atoms with E-state index in [1.54, 1.807) is 18.1 Å². The van der Waals surface area contributed by atoms with E-state index in [4.69, 9.17) is 9.47 Å². The second-order valence-electron chi connectivity index (χ2n) is 5.37. The molecule has 1 aliphatic heterocycles. The Hall–Kier alpha value is -2.49. The molecule has 0 aliphatic carbocycles. The first-order valence-corrected chi connectivity index (χ1v) is 7.35. The highest BCUT2D eigenvalue weighted by Crippen LogP contribution is 2.29. The number of hydrogen-bond acceptors (Lipinski definition) is 3. The zero-order valence-corrected chi connectivity index (χ0v) is 12.8. The summed E-state index contributed by atoms with van der Waals surface area (Å²) in [5.41, 5.74) is 3.45. The number of carbonyl (C=O) groups is 1. The molecule has 4 heteroatoms. The average Bonchev–Trinajstić information content (AvgIpc) is 2.95. The molecule has 1 heterocycles. The van der Waals surface area contributed by atoms with Gasteiger partial charge in [0.2, 0.25) is 0 Å². The molecule has 0 spiro atoms. The van der Waals surface area contributed by atoms with E-state index >= 15 is 0 Å². The lowest BCUT2D eigenvalue weighted by molar-refractivity contribution is -0.120. The van der Waals surface area contributed by atoms with Crippen molar-refractivity contribution in [1.29, 1.82) is 0 Å². The summed E-state index contributed by atoms with van der Waals surface area (Å²) in [6, 6.07) is 13.5. The minimum atomic E-state index is -0.0338. The number of nitrogens with zero attached hydrogens (tertiary/aromatic N) is 1. The smallest absolute Gasteiger partial charge is 0.264 e. The van der Waals surface area contributed by atoms with Gasteiger partial charge in [-0.15, -0.1) is 0 Å². The molecule has 0 aromatic heterocycles. The molecule has 0 N–H and O–H groups in total. The van der Waals surface area contributed by atoms with Gasteiger partial charge < -0.3 is 14.4 Å². The van der Waals surface area contributed by atoms with Crippen LogP contribution < -0.4 is 14.4 Å². The minimum absolute atomic E-state index is 0.00763. The van der Waals surface area contributed by atoms with Gasteiger partial charge in [-0.3, -0.25) is 4.79 Å². The highest BCUT2D eigenvalue weighted by Gasteiger charge is 2.24. The fourth-order valence-electron chi connectivity index (χ4n) is 2.75. The van der Waals surface area contributed by atoms with Gasteiger partial charge in [0.15, 0.2) is 18.1 Å². The van der Waals surface area contributed by atoms with Crippen LogP contribution in [0.5, 0.6) is 11.5 Å². The van der Waals surface area contributed by atoms with Gasteiger partial charge in [-0.05, 0) is 37.1 Å². The van der Waals surface area contributed by atoms with E-state index in [0.29, 0.717) is 18.0 Å². The Labute approximate surface area is 130 Å². The summed E-state index contributed by atoms with van der Waals surface area (Å²) >= 11 is 0. The zero-order chi connectivity index (χ0) is 15.5. The summed E-state index contributed by atoms with van der Waals surface area (Å²) < 4.78 is 10.8. The van der Waals surface area contributed by atoms with E-state index in [1.807, 2.05) is 30.3 Å². The first kappa shape index (κ1) is 14.4. The topological polar surface area (TPSA) is 38.8 Å². The number of methoxy groups -OCH3 is 1. The van der Waals surface area contributed by atoms with Crippen molar-refractivity contribution >= 4 is 11.6 Å². The lowest BCUT2D eigenvalue weighted by Crippen LogP contribution is -2.33. The van der Waals surface area contributed by atoms with Crippen LogP contribution in [0.2, 0.25) is 0 Å². The SMILES string of the molecule is COc1ccccc1OCC(=O)N1CCc2cc(C)ccc21. The van der Waals surface area contributed by atoms with Crippen LogP contribution in [0.4, 0.5) is 5.69 Å². The van der Waals surface area contributed by atoms with Crippen LogP contribution in [0.3, 0.4) is 0 Å². The molecule has 2 aromatic rings. The number of fused-ring (bicyclic) bond motifs is 1. The third kappa shape index (κ3) is 2.77. The molecule has 3 rings (SSSR count). The molecule has 22 heavy (non-hydrogen) atoms. The maximum Gasteiger partial charge on any atom is 0.264 e. The first-order valence-electron chi connectivity index (χ1n) is 7.35. The van der Waals surface area contributed by atoms with E-state index in [0.717, 1.165) is 12.1 Å². The first-order chi connectivity index (χ1) is 10.7. The molecule has 114 valence electrons. The molecule has 1 aliphatic rings. The van der Waals surface area contributed by atoms with Crippen LogP contribution in [0.25, 0.3) is 0 Å². The number of ether oxygens (including phenoxy) is 2. The second-order valence-corrected chi connectivity index (χ2v) is 5.37. The third-order valence-corrected chi connectivity index (χ3v) is 3.85. The number of rotatable bonds is 4. The van der Waals surface area contributed by atoms with Crippen molar-refractivity contribution in [1.82, 2.24) is 0 Å². The Kier molecular flexibility index (Phi) is 4.00. The lowest BCUT2D eigenvalue weighted by Gasteiger charge is -2.18. The molecule has 0 bridgehead atoms. The molecule has 0 atom stereocenters. The van der Waals surface area contributed by atoms with Crippen LogP contribution in [0, 0.1) is 6.92 Å². The Morgan fingerprint density at radius 3 is 2.73 bits per heavy atom. The van der Waals surface area contributed by atoms with Crippen molar-refractivity contribution in [3.05, 3.63) is 53.6 Å². The Bertz CT molecular complexity index is 696. The molecular formula is C18H19NO3. The lowest BCUT2D eigenvalue weighted by atomic mass is 10.1. The van der Waals surface area contributed by atoms with Crippen LogP contribution in [0.15, 0.2) is 42.5 Å². The summed E-state index contributed by atoms with van der Waals surface area (Å²) in [6.07, 6.45) is 0.900. The summed E-state index contributed by atoms with van der Waals surface area (Å²) in [5.74, 6) is 1.18. The fraction of sp³-hybridized carbons (Fsp3) is 0.278. The summed E-state index contributed by atoms with van der Waals surface area (Å²) in [4.78, 5) is 14.2. The molecular weight excluding hydrogens is 278 g/mol. The van der Waals surface area contributed by atoms with Crippen molar-refractivity contribution in [2.24, 2.45) is 0 Å². The quantitative estimate of drug-likeness (QED) is 0.871. The van der Waals surface area contributed by atoms with Gasteiger partial charge in [-0.25, -0.2) is 0 Å². The van der Waals surface area contributed by atoms with Gasteiger partial charge in [-0.2, -0.15) is 0 Å². The van der Waals surface area contributed by atoms with Crippen molar-refractivity contribution in [3.63, 3.8) is 0 Å². The molecule has 0 saturated heterocycles. The normalized spacial score (nSPS) is 12.9. The van der Waals surface area contributed by atoms with Crippen molar-refractivity contribution in [2.75, 3.05) is 25.2 Å². The highest BCUT2D eigenvalue weighted by atomic mass is 16.5. The number of para-hydroxylation sites is 2. The second kappa shape index (κ2) is 6.10. The number of hydrogen-bond donors (Lipinski definition) is 0. The third-order valence-electron chi connectivity index (χ3n) is 3.85. The van der Waals surface area contributed by atoms with E-state index in [1.165, 1.54) is 11.1 Å². The molecule has 0 unspecified atom stereocenters. The number of amides is 1. The van der Waals surface area contributed by atoms with Gasteiger partial charge in [-0.1, -0.05) is 29.8 Å². The fourth-order valence-corrected chi connectivity index (χ4v) is 2.75. The average molecular weight is 297 g/mol. The predicted molar refractivity (Wildman–Crippen MR) is 85.7 cm³/mol. The predicted octanol–water partition coefficient (Wildman–Crippen LogP) is 2.97. The van der Waals surface area contributed by atoms with Crippen molar-refractivity contribution in [2.45, 2.75) is 13.3 Å². The van der Waals surface area contributed by atoms with Crippen LogP contribution in [-0.4, -0.2) is 26.2 Å². The van der Waals surface area contributed by atoms with E-state index in [9.17, 15) is 4.79 Å². The Balaban J connectivity index is 1.69. The number of benzene rings is 2. The standard InChI is InChI=1S/C18H19NO3/c1-13-7-8-15-14(11-13)9-10-19(15)18(20)12-22-17-6-4-3-5-16(17)21-2/h3-8,11H,9-10,12H2,1-2H3. The Morgan fingerprint density at radius 2 is 1.95 bits per heavy atom. The van der Waals surface area contributed by atoms with E-state index in [-0.39, 0.29) is 12.5 Å². The maximum atomic E-state index is 12.4. The number of aryl methyl sites for hydroxylation is 1. The monoisotopic (exact) mass is 297 g/mol.